The second-order valence-corrected chi connectivity index (χ2v) is 6.67. The molecule has 0 N–H and O–H groups in total. The zero-order valence-corrected chi connectivity index (χ0v) is 13.6. The molecule has 4 heterocycles. The third-order valence-corrected chi connectivity index (χ3v) is 5.02. The third kappa shape index (κ3) is 3.18. The fourth-order valence-corrected chi connectivity index (χ4v) is 3.67. The van der Waals surface area contributed by atoms with Crippen LogP contribution < -0.4 is 0 Å². The molecule has 1 aliphatic rings. The van der Waals surface area contributed by atoms with Crippen molar-refractivity contribution in [3.05, 3.63) is 53.5 Å². The lowest BCUT2D eigenvalue weighted by Crippen LogP contribution is -2.33. The van der Waals surface area contributed by atoms with Gasteiger partial charge in [-0.15, -0.1) is 21.5 Å². The van der Waals surface area contributed by atoms with Crippen molar-refractivity contribution in [2.45, 2.75) is 31.8 Å². The predicted molar refractivity (Wildman–Crippen MR) is 88.9 cm³/mol. The van der Waals surface area contributed by atoms with Gasteiger partial charge in [0.2, 0.25) is 5.89 Å². The van der Waals surface area contributed by atoms with Crippen molar-refractivity contribution in [2.24, 2.45) is 0 Å². The second-order valence-electron chi connectivity index (χ2n) is 5.73. The van der Waals surface area contributed by atoms with Crippen molar-refractivity contribution >= 4 is 11.3 Å². The van der Waals surface area contributed by atoms with Gasteiger partial charge in [0.1, 0.15) is 0 Å². The molecule has 23 heavy (non-hydrogen) atoms. The molecule has 6 heteroatoms. The molecule has 4 rings (SSSR count). The van der Waals surface area contributed by atoms with Gasteiger partial charge in [-0.2, -0.15) is 0 Å². The van der Waals surface area contributed by atoms with Crippen molar-refractivity contribution in [3.63, 3.8) is 0 Å². The summed E-state index contributed by atoms with van der Waals surface area (Å²) >= 11 is 1.62. The molecule has 118 valence electrons. The van der Waals surface area contributed by atoms with E-state index < -0.39 is 0 Å². The Hall–Kier alpha value is -2.05. The van der Waals surface area contributed by atoms with Crippen LogP contribution in [0, 0.1) is 0 Å². The zero-order chi connectivity index (χ0) is 15.5. The third-order valence-electron chi connectivity index (χ3n) is 4.16. The summed E-state index contributed by atoms with van der Waals surface area (Å²) in [5, 5.41) is 10.6. The average molecular weight is 326 g/mol. The zero-order valence-electron chi connectivity index (χ0n) is 12.8. The maximum absolute atomic E-state index is 5.96. The molecule has 1 aliphatic heterocycles. The lowest BCUT2D eigenvalue weighted by Gasteiger charge is -2.33. The summed E-state index contributed by atoms with van der Waals surface area (Å²) in [4.78, 5) is 7.86. The largest absolute Gasteiger partial charge is 0.418 e. The van der Waals surface area contributed by atoms with Crippen LogP contribution in [0.1, 0.15) is 36.9 Å². The highest BCUT2D eigenvalue weighted by atomic mass is 32.1. The molecule has 0 bridgehead atoms. The molecule has 0 amide bonds. The molecule has 0 saturated carbocycles. The topological polar surface area (TPSA) is 55.1 Å². The Labute approximate surface area is 139 Å². The van der Waals surface area contributed by atoms with E-state index in [1.54, 1.807) is 11.3 Å². The van der Waals surface area contributed by atoms with Crippen molar-refractivity contribution in [1.82, 2.24) is 20.1 Å². The molecule has 0 radical (unpaired) electrons. The number of pyridine rings is 1. The molecular weight excluding hydrogens is 308 g/mol. The smallest absolute Gasteiger partial charge is 0.257 e. The van der Waals surface area contributed by atoms with Gasteiger partial charge in [0, 0.05) is 12.7 Å². The molecule has 0 aliphatic carbocycles. The molecule has 1 fully saturated rings. The summed E-state index contributed by atoms with van der Waals surface area (Å²) in [7, 11) is 0. The molecule has 1 unspecified atom stereocenters. The molecule has 1 saturated heterocycles. The predicted octanol–water partition coefficient (Wildman–Crippen LogP) is 3.92. The van der Waals surface area contributed by atoms with E-state index in [9.17, 15) is 0 Å². The number of hydrogen-bond donors (Lipinski definition) is 0. The van der Waals surface area contributed by atoms with E-state index in [0.29, 0.717) is 5.89 Å². The fraction of sp³-hybridized carbons (Fsp3) is 0.353. The van der Waals surface area contributed by atoms with Gasteiger partial charge >= 0.3 is 0 Å². The summed E-state index contributed by atoms with van der Waals surface area (Å²) < 4.78 is 5.96. The first-order valence-corrected chi connectivity index (χ1v) is 8.79. The molecule has 0 spiro atoms. The molecule has 3 aromatic heterocycles. The van der Waals surface area contributed by atoms with Crippen LogP contribution in [0.25, 0.3) is 10.8 Å². The Bertz CT molecular complexity index is 741. The minimum atomic E-state index is 0.187. The van der Waals surface area contributed by atoms with E-state index >= 15 is 0 Å². The van der Waals surface area contributed by atoms with E-state index in [2.05, 4.69) is 26.1 Å². The Morgan fingerprint density at radius 2 is 2.17 bits per heavy atom. The highest BCUT2D eigenvalue weighted by molar-refractivity contribution is 7.13. The van der Waals surface area contributed by atoms with Crippen LogP contribution in [0.3, 0.4) is 0 Å². The van der Waals surface area contributed by atoms with Gasteiger partial charge < -0.3 is 4.42 Å². The Morgan fingerprint density at radius 3 is 3.00 bits per heavy atom. The number of hydrogen-bond acceptors (Lipinski definition) is 6. The minimum Gasteiger partial charge on any atom is -0.418 e. The van der Waals surface area contributed by atoms with Gasteiger partial charge in [-0.05, 0) is 43.0 Å². The maximum atomic E-state index is 5.96. The van der Waals surface area contributed by atoms with Gasteiger partial charge in [-0.1, -0.05) is 18.6 Å². The van der Waals surface area contributed by atoms with Crippen LogP contribution in [-0.4, -0.2) is 26.6 Å². The first-order valence-electron chi connectivity index (χ1n) is 7.91. The fourth-order valence-electron chi connectivity index (χ4n) is 3.03. The second kappa shape index (κ2) is 6.60. The highest BCUT2D eigenvalue weighted by Crippen LogP contribution is 2.33. The van der Waals surface area contributed by atoms with Crippen molar-refractivity contribution in [1.29, 1.82) is 0 Å². The molecule has 3 aromatic rings. The van der Waals surface area contributed by atoms with E-state index in [-0.39, 0.29) is 6.04 Å². The van der Waals surface area contributed by atoms with E-state index in [1.807, 2.05) is 35.8 Å². The number of piperidine rings is 1. The number of thiophene rings is 1. The van der Waals surface area contributed by atoms with Gasteiger partial charge in [-0.25, -0.2) is 0 Å². The monoisotopic (exact) mass is 326 g/mol. The lowest BCUT2D eigenvalue weighted by atomic mass is 10.0. The minimum absolute atomic E-state index is 0.187. The molecular formula is C17H18N4OS. The summed E-state index contributed by atoms with van der Waals surface area (Å²) in [5.74, 6) is 1.35. The number of aromatic nitrogens is 3. The lowest BCUT2D eigenvalue weighted by molar-refractivity contribution is 0.117. The normalized spacial score (nSPS) is 19.0. The Balaban J connectivity index is 1.55. The van der Waals surface area contributed by atoms with E-state index in [1.165, 1.54) is 12.8 Å². The van der Waals surface area contributed by atoms with Gasteiger partial charge in [0.05, 0.1) is 16.6 Å². The summed E-state index contributed by atoms with van der Waals surface area (Å²) in [6.07, 6.45) is 5.30. The van der Waals surface area contributed by atoms with E-state index in [4.69, 9.17) is 4.42 Å². The number of nitrogens with zero attached hydrogens (tertiary/aromatic N) is 4. The van der Waals surface area contributed by atoms with Crippen molar-refractivity contribution in [2.75, 3.05) is 6.54 Å². The first-order chi connectivity index (χ1) is 11.4. The summed E-state index contributed by atoms with van der Waals surface area (Å²) in [6.45, 7) is 1.86. The van der Waals surface area contributed by atoms with Crippen LogP contribution in [0.15, 0.2) is 46.3 Å². The summed E-state index contributed by atoms with van der Waals surface area (Å²) in [5.41, 5.74) is 1.08. The molecule has 0 aromatic carbocycles. The van der Waals surface area contributed by atoms with E-state index in [0.717, 1.165) is 36.0 Å². The first kappa shape index (κ1) is 14.5. The average Bonchev–Trinajstić information content (AvgIpc) is 3.28. The Morgan fingerprint density at radius 1 is 1.17 bits per heavy atom. The standard InChI is InChI=1S/C17H18N4OS/c1-3-9-18-13(6-1)12-21-10-4-2-7-14(21)16-19-20-17(22-16)15-8-5-11-23-15/h1,3,5-6,8-9,11,14H,2,4,7,10,12H2. The van der Waals surface area contributed by atoms with Gasteiger partial charge in [0.15, 0.2) is 0 Å². The number of likely N-dealkylation sites (tertiary alicyclic amines) is 1. The maximum Gasteiger partial charge on any atom is 0.257 e. The quantitative estimate of drug-likeness (QED) is 0.727. The van der Waals surface area contributed by atoms with Crippen LogP contribution in [0.5, 0.6) is 0 Å². The van der Waals surface area contributed by atoms with Crippen LogP contribution in [-0.2, 0) is 6.54 Å². The Kier molecular flexibility index (Phi) is 4.17. The molecule has 5 nitrogen and oxygen atoms in total. The van der Waals surface area contributed by atoms with Gasteiger partial charge in [-0.3, -0.25) is 9.88 Å². The van der Waals surface area contributed by atoms with Crippen molar-refractivity contribution in [3.8, 4) is 10.8 Å². The summed E-state index contributed by atoms with van der Waals surface area (Å²) in [6, 6.07) is 10.2. The van der Waals surface area contributed by atoms with Crippen molar-refractivity contribution < 1.29 is 4.42 Å². The number of rotatable bonds is 4. The van der Waals surface area contributed by atoms with Gasteiger partial charge in [0.25, 0.3) is 5.89 Å². The highest BCUT2D eigenvalue weighted by Gasteiger charge is 2.29. The molecule has 1 atom stereocenters. The van der Waals surface area contributed by atoms with Crippen LogP contribution >= 0.6 is 11.3 Å². The SMILES string of the molecule is c1ccc(CN2CCCCC2c2nnc(-c3cccs3)o2)nc1. The van der Waals surface area contributed by atoms with Crippen LogP contribution in [0.2, 0.25) is 0 Å². The van der Waals surface area contributed by atoms with Crippen LogP contribution in [0.4, 0.5) is 0 Å².